The summed E-state index contributed by atoms with van der Waals surface area (Å²) in [5.41, 5.74) is 2.15. The van der Waals surface area contributed by atoms with Gasteiger partial charge in [-0.05, 0) is 24.3 Å². The maximum atomic E-state index is 12.4. The van der Waals surface area contributed by atoms with E-state index < -0.39 is 0 Å². The quantitative estimate of drug-likeness (QED) is 0.882. The monoisotopic (exact) mass is 330 g/mol. The van der Waals surface area contributed by atoms with Gasteiger partial charge >= 0.3 is 0 Å². The zero-order chi connectivity index (χ0) is 17.7. The Bertz CT molecular complexity index is 686. The van der Waals surface area contributed by atoms with Crippen molar-refractivity contribution in [3.8, 4) is 17.2 Å². The van der Waals surface area contributed by atoms with Crippen molar-refractivity contribution >= 4 is 17.3 Å². The Hall–Kier alpha value is -2.89. The molecule has 2 aromatic carbocycles. The molecule has 0 fully saturated rings. The summed E-state index contributed by atoms with van der Waals surface area (Å²) in [6, 6.07) is 10.7. The summed E-state index contributed by atoms with van der Waals surface area (Å²) in [5, 5.41) is 2.84. The molecule has 1 N–H and O–H groups in total. The fourth-order valence-corrected chi connectivity index (χ4v) is 2.27. The van der Waals surface area contributed by atoms with Crippen molar-refractivity contribution in [3.63, 3.8) is 0 Å². The van der Waals surface area contributed by atoms with Gasteiger partial charge in [-0.25, -0.2) is 0 Å². The number of methoxy groups -OCH3 is 3. The van der Waals surface area contributed by atoms with Crippen LogP contribution in [0.5, 0.6) is 17.2 Å². The minimum atomic E-state index is -0.213. The van der Waals surface area contributed by atoms with E-state index in [4.69, 9.17) is 14.2 Å². The number of carbonyl (C=O) groups excluding carboxylic acids is 1. The zero-order valence-corrected chi connectivity index (χ0v) is 14.5. The first-order valence-electron chi connectivity index (χ1n) is 7.39. The van der Waals surface area contributed by atoms with Crippen LogP contribution in [0.15, 0.2) is 36.4 Å². The van der Waals surface area contributed by atoms with E-state index in [1.165, 1.54) is 21.3 Å². The van der Waals surface area contributed by atoms with E-state index in [1.807, 2.05) is 31.1 Å². The van der Waals surface area contributed by atoms with E-state index in [9.17, 15) is 4.79 Å². The Labute approximate surface area is 141 Å². The van der Waals surface area contributed by atoms with E-state index in [-0.39, 0.29) is 5.91 Å². The smallest absolute Gasteiger partial charge is 0.255 e. The minimum absolute atomic E-state index is 0.213. The van der Waals surface area contributed by atoms with E-state index in [0.29, 0.717) is 28.5 Å². The van der Waals surface area contributed by atoms with Crippen molar-refractivity contribution in [2.75, 3.05) is 45.6 Å². The van der Waals surface area contributed by atoms with Crippen LogP contribution in [0.25, 0.3) is 0 Å². The van der Waals surface area contributed by atoms with Gasteiger partial charge in [-0.3, -0.25) is 4.79 Å². The number of anilines is 2. The zero-order valence-electron chi connectivity index (χ0n) is 14.5. The molecule has 2 rings (SSSR count). The standard InChI is InChI=1S/C18H22N2O4/c1-20(2)14-8-6-12(7-9-14)18(21)19-13-10-15(22-3)17(24-5)16(11-13)23-4/h6-11H,1-5H3,(H,19,21). The number of amides is 1. The van der Waals surface area contributed by atoms with Crippen LogP contribution in [0.2, 0.25) is 0 Å². The van der Waals surface area contributed by atoms with Crippen molar-refractivity contribution in [2.45, 2.75) is 0 Å². The summed E-state index contributed by atoms with van der Waals surface area (Å²) in [7, 11) is 8.49. The molecule has 6 nitrogen and oxygen atoms in total. The molecule has 6 heteroatoms. The van der Waals surface area contributed by atoms with Crippen LogP contribution in [0.3, 0.4) is 0 Å². The SMILES string of the molecule is COc1cc(NC(=O)c2ccc(N(C)C)cc2)cc(OC)c1OC. The number of benzene rings is 2. The predicted molar refractivity (Wildman–Crippen MR) is 94.8 cm³/mol. The highest BCUT2D eigenvalue weighted by Crippen LogP contribution is 2.40. The van der Waals surface area contributed by atoms with Gasteiger partial charge in [-0.15, -0.1) is 0 Å². The lowest BCUT2D eigenvalue weighted by Crippen LogP contribution is -2.13. The molecular formula is C18H22N2O4. The molecule has 0 aliphatic rings. The maximum Gasteiger partial charge on any atom is 0.255 e. The van der Waals surface area contributed by atoms with Crippen molar-refractivity contribution in [2.24, 2.45) is 0 Å². The molecule has 0 saturated heterocycles. The van der Waals surface area contributed by atoms with Crippen molar-refractivity contribution < 1.29 is 19.0 Å². The third kappa shape index (κ3) is 3.71. The van der Waals surface area contributed by atoms with Crippen molar-refractivity contribution in [3.05, 3.63) is 42.0 Å². The lowest BCUT2D eigenvalue weighted by atomic mass is 10.1. The number of ether oxygens (including phenoxy) is 3. The Morgan fingerprint density at radius 3 is 1.88 bits per heavy atom. The first-order chi connectivity index (χ1) is 11.5. The van der Waals surface area contributed by atoms with Gasteiger partial charge in [0, 0.05) is 43.2 Å². The Morgan fingerprint density at radius 2 is 1.46 bits per heavy atom. The molecule has 0 radical (unpaired) electrons. The van der Waals surface area contributed by atoms with Crippen molar-refractivity contribution in [1.29, 1.82) is 0 Å². The summed E-state index contributed by atoms with van der Waals surface area (Å²) < 4.78 is 15.8. The molecule has 0 aromatic heterocycles. The second-order valence-electron chi connectivity index (χ2n) is 5.31. The molecule has 0 saturated carbocycles. The number of hydrogen-bond acceptors (Lipinski definition) is 5. The Morgan fingerprint density at radius 1 is 0.917 bits per heavy atom. The van der Waals surface area contributed by atoms with Gasteiger partial charge in [0.2, 0.25) is 5.75 Å². The van der Waals surface area contributed by atoms with E-state index >= 15 is 0 Å². The molecule has 24 heavy (non-hydrogen) atoms. The lowest BCUT2D eigenvalue weighted by molar-refractivity contribution is 0.102. The molecule has 1 amide bonds. The minimum Gasteiger partial charge on any atom is -0.493 e. The summed E-state index contributed by atoms with van der Waals surface area (Å²) in [6.45, 7) is 0. The van der Waals surface area contributed by atoms with Crippen LogP contribution >= 0.6 is 0 Å². The van der Waals surface area contributed by atoms with Crippen LogP contribution in [-0.4, -0.2) is 41.3 Å². The van der Waals surface area contributed by atoms with Gasteiger partial charge in [0.05, 0.1) is 21.3 Å². The number of carbonyl (C=O) groups is 1. The first kappa shape index (κ1) is 17.5. The summed E-state index contributed by atoms with van der Waals surface area (Å²) in [5.74, 6) is 1.23. The molecule has 2 aromatic rings. The molecule has 0 atom stereocenters. The van der Waals surface area contributed by atoms with Gasteiger partial charge in [-0.1, -0.05) is 0 Å². The average Bonchev–Trinajstić information content (AvgIpc) is 2.60. The molecule has 0 unspecified atom stereocenters. The molecular weight excluding hydrogens is 308 g/mol. The van der Waals surface area contributed by atoms with Gasteiger partial charge in [0.25, 0.3) is 5.91 Å². The second-order valence-corrected chi connectivity index (χ2v) is 5.31. The topological polar surface area (TPSA) is 60.0 Å². The van der Waals surface area contributed by atoms with Crippen LogP contribution in [-0.2, 0) is 0 Å². The summed E-state index contributed by atoms with van der Waals surface area (Å²) in [4.78, 5) is 14.4. The molecule has 0 heterocycles. The Kier molecular flexibility index (Phi) is 5.52. The van der Waals surface area contributed by atoms with Gasteiger partial charge in [0.1, 0.15) is 0 Å². The van der Waals surface area contributed by atoms with E-state index in [2.05, 4.69) is 5.32 Å². The second kappa shape index (κ2) is 7.59. The average molecular weight is 330 g/mol. The summed E-state index contributed by atoms with van der Waals surface area (Å²) >= 11 is 0. The van der Waals surface area contributed by atoms with Crippen LogP contribution in [0, 0.1) is 0 Å². The summed E-state index contributed by atoms with van der Waals surface area (Å²) in [6.07, 6.45) is 0. The molecule has 128 valence electrons. The van der Waals surface area contributed by atoms with Crippen LogP contribution in [0.1, 0.15) is 10.4 Å². The van der Waals surface area contributed by atoms with E-state index in [1.54, 1.807) is 24.3 Å². The predicted octanol–water partition coefficient (Wildman–Crippen LogP) is 3.03. The van der Waals surface area contributed by atoms with Crippen molar-refractivity contribution in [1.82, 2.24) is 0 Å². The van der Waals surface area contributed by atoms with Gasteiger partial charge in [0.15, 0.2) is 11.5 Å². The largest absolute Gasteiger partial charge is 0.493 e. The third-order valence-electron chi connectivity index (χ3n) is 3.57. The van der Waals surface area contributed by atoms with Gasteiger partial charge in [-0.2, -0.15) is 0 Å². The normalized spacial score (nSPS) is 10.0. The van der Waals surface area contributed by atoms with Crippen LogP contribution in [0.4, 0.5) is 11.4 Å². The first-order valence-corrected chi connectivity index (χ1v) is 7.39. The fraction of sp³-hybridized carbons (Fsp3) is 0.278. The van der Waals surface area contributed by atoms with Gasteiger partial charge < -0.3 is 24.4 Å². The molecule has 0 bridgehead atoms. The van der Waals surface area contributed by atoms with E-state index in [0.717, 1.165) is 5.69 Å². The number of rotatable bonds is 6. The highest BCUT2D eigenvalue weighted by molar-refractivity contribution is 6.04. The number of nitrogens with one attached hydrogen (secondary N) is 1. The molecule has 0 aliphatic carbocycles. The lowest BCUT2D eigenvalue weighted by Gasteiger charge is -2.15. The molecule has 0 aliphatic heterocycles. The third-order valence-corrected chi connectivity index (χ3v) is 3.57. The highest BCUT2D eigenvalue weighted by atomic mass is 16.5. The Balaban J connectivity index is 2.25. The number of nitrogens with zero attached hydrogens (tertiary/aromatic N) is 1. The highest BCUT2D eigenvalue weighted by Gasteiger charge is 2.15. The maximum absolute atomic E-state index is 12.4. The van der Waals surface area contributed by atoms with Crippen LogP contribution < -0.4 is 24.4 Å². The number of hydrogen-bond donors (Lipinski definition) is 1. The fourth-order valence-electron chi connectivity index (χ4n) is 2.27. The molecule has 0 spiro atoms.